The van der Waals surface area contributed by atoms with E-state index in [9.17, 15) is 0 Å². The molecule has 14 rings (SSSR count). The van der Waals surface area contributed by atoms with Crippen LogP contribution in [0.3, 0.4) is 0 Å². The normalized spacial score (nSPS) is 13.3. The Labute approximate surface area is 448 Å². The van der Waals surface area contributed by atoms with Gasteiger partial charge in [0.1, 0.15) is 0 Å². The van der Waals surface area contributed by atoms with Crippen LogP contribution in [0.4, 0.5) is 0 Å². The van der Waals surface area contributed by atoms with Crippen LogP contribution in [0.25, 0.3) is 142 Å². The Hall–Kier alpha value is -7.80. The number of benzene rings is 13. The quantitative estimate of drug-likeness (QED) is 0.122. The maximum Gasteiger partial charge on any atom is -0.000762 e. The first kappa shape index (κ1) is 46.7. The molecule has 13 aromatic rings. The van der Waals surface area contributed by atoms with Crippen LogP contribution >= 0.6 is 0 Å². The minimum absolute atomic E-state index is 0.0806. The molecule has 0 nitrogen and oxygen atoms in total. The lowest BCUT2D eigenvalue weighted by molar-refractivity contribution is 0.568. The topological polar surface area (TPSA) is 0 Å². The molecule has 0 bridgehead atoms. The summed E-state index contributed by atoms with van der Waals surface area (Å²) >= 11 is 0. The Morgan fingerprint density at radius 1 is 0.211 bits per heavy atom. The van der Waals surface area contributed by atoms with Crippen LogP contribution in [0.15, 0.2) is 182 Å². The molecule has 76 heavy (non-hydrogen) atoms. The number of hydrogen-bond donors (Lipinski definition) is 0. The van der Waals surface area contributed by atoms with Crippen molar-refractivity contribution in [3.63, 3.8) is 0 Å². The largest absolute Gasteiger partial charge is 0.0622 e. The zero-order chi connectivity index (χ0) is 52.5. The lowest BCUT2D eigenvalue weighted by atomic mass is 9.75. The molecule has 0 fully saturated rings. The molecular weight excluding hydrogens is 913 g/mol. The fourth-order valence-corrected chi connectivity index (χ4v) is 13.3. The fourth-order valence-electron chi connectivity index (χ4n) is 13.3. The summed E-state index contributed by atoms with van der Waals surface area (Å²) in [6.45, 7) is 28.5. The Balaban J connectivity index is 1.24. The predicted octanol–water partition coefficient (Wildman–Crippen LogP) is 22.2. The van der Waals surface area contributed by atoms with E-state index in [1.807, 2.05) is 0 Å². The minimum Gasteiger partial charge on any atom is -0.0622 e. The van der Waals surface area contributed by atoms with Crippen molar-refractivity contribution in [2.24, 2.45) is 0 Å². The molecule has 0 aromatic heterocycles. The van der Waals surface area contributed by atoms with Gasteiger partial charge in [-0.05, 0) is 204 Å². The molecule has 1 aliphatic rings. The molecule has 13 aromatic carbocycles. The van der Waals surface area contributed by atoms with E-state index in [0.29, 0.717) is 0 Å². The molecule has 370 valence electrons. The van der Waals surface area contributed by atoms with Gasteiger partial charge in [0.15, 0.2) is 0 Å². The summed E-state index contributed by atoms with van der Waals surface area (Å²) in [4.78, 5) is 0. The highest BCUT2D eigenvalue weighted by Gasteiger charge is 2.32. The third-order valence-corrected chi connectivity index (χ3v) is 17.5. The zero-order valence-corrected chi connectivity index (χ0v) is 46.3. The van der Waals surface area contributed by atoms with E-state index >= 15 is 0 Å². The van der Waals surface area contributed by atoms with E-state index in [1.54, 1.807) is 0 Å². The van der Waals surface area contributed by atoms with Crippen molar-refractivity contribution in [3.05, 3.63) is 204 Å². The molecule has 0 aliphatic heterocycles. The van der Waals surface area contributed by atoms with Gasteiger partial charge in [0.2, 0.25) is 0 Å². The minimum atomic E-state index is -0.0838. The van der Waals surface area contributed by atoms with Gasteiger partial charge in [-0.1, -0.05) is 247 Å². The van der Waals surface area contributed by atoms with Gasteiger partial charge < -0.3 is 0 Å². The Kier molecular flexibility index (Phi) is 9.76. The molecule has 0 spiro atoms. The van der Waals surface area contributed by atoms with Crippen LogP contribution in [-0.2, 0) is 21.7 Å². The summed E-state index contributed by atoms with van der Waals surface area (Å²) in [5.74, 6) is 0. The second-order valence-corrected chi connectivity index (χ2v) is 26.5. The van der Waals surface area contributed by atoms with Crippen molar-refractivity contribution in [1.29, 1.82) is 0 Å². The van der Waals surface area contributed by atoms with Crippen molar-refractivity contribution in [1.82, 2.24) is 0 Å². The van der Waals surface area contributed by atoms with Crippen LogP contribution in [0.2, 0.25) is 0 Å². The smallest absolute Gasteiger partial charge is 0.000762 e. The van der Waals surface area contributed by atoms with Crippen LogP contribution in [0.5, 0.6) is 0 Å². The maximum absolute atomic E-state index is 2.63. The van der Waals surface area contributed by atoms with Crippen molar-refractivity contribution < 1.29 is 0 Å². The first-order valence-corrected chi connectivity index (χ1v) is 27.7. The first-order valence-electron chi connectivity index (χ1n) is 27.7. The Morgan fingerprint density at radius 3 is 1.08 bits per heavy atom. The Morgan fingerprint density at radius 2 is 0.605 bits per heavy atom. The van der Waals surface area contributed by atoms with Gasteiger partial charge in [-0.3, -0.25) is 0 Å². The molecule has 0 saturated carbocycles. The molecule has 0 heterocycles. The lowest BCUT2D eigenvalue weighted by Crippen LogP contribution is -2.17. The SMILES string of the molecule is CC(C)(C)c1cc(-c2c3cc4c(cc3c(-c3cc(C(C)(C)C)cc(C(C)(C)C)c3)c3c5ccc(-c6ccccc6)cc5c5ccccc5c23)-c2ccc3c5cccc6cccc(c7ccc-4c2c73)c65)cc(C(C)(C)C)c1. The van der Waals surface area contributed by atoms with Crippen LogP contribution in [-0.4, -0.2) is 0 Å². The van der Waals surface area contributed by atoms with Gasteiger partial charge >= 0.3 is 0 Å². The van der Waals surface area contributed by atoms with Gasteiger partial charge in [-0.15, -0.1) is 0 Å². The van der Waals surface area contributed by atoms with E-state index in [4.69, 9.17) is 0 Å². The van der Waals surface area contributed by atoms with Crippen molar-refractivity contribution in [2.45, 2.75) is 105 Å². The average Bonchev–Trinajstić information content (AvgIpc) is 3.92. The number of fused-ring (bicyclic) bond motifs is 12. The van der Waals surface area contributed by atoms with Gasteiger partial charge in [-0.2, -0.15) is 0 Å². The van der Waals surface area contributed by atoms with Crippen molar-refractivity contribution in [2.75, 3.05) is 0 Å². The fraction of sp³-hybridized carbons (Fsp3) is 0.211. The third-order valence-electron chi connectivity index (χ3n) is 17.5. The predicted molar refractivity (Wildman–Crippen MR) is 333 cm³/mol. The standard InChI is InChI=1S/C76H66/c1-73(2,3)48-34-46(35-49(39-48)74(4,5)6)67-64-41-62-58-32-30-56-54-26-18-22-44-23-19-27-55(66(44)54)57-31-33-59(70(58)69(56)57)63(62)42-65(64)68(47-36-50(75(7,8)9)40-51(37-47)76(10,11)12)72-60-29-28-45(43-20-14-13-15-21-43)38-61(60)52-24-16-17-25-53(52)71(67)72/h13-42H,1-12H3. The Bertz CT molecular complexity index is 4510. The molecule has 0 saturated heterocycles. The highest BCUT2D eigenvalue weighted by molar-refractivity contribution is 6.40. The highest BCUT2D eigenvalue weighted by Crippen LogP contribution is 2.57. The summed E-state index contributed by atoms with van der Waals surface area (Å²) < 4.78 is 0. The maximum atomic E-state index is 2.63. The summed E-state index contributed by atoms with van der Waals surface area (Å²) in [6, 6.07) is 71.4. The highest BCUT2D eigenvalue weighted by atomic mass is 14.3. The number of hydrogen-bond acceptors (Lipinski definition) is 0. The van der Waals surface area contributed by atoms with E-state index in [1.165, 1.54) is 164 Å². The van der Waals surface area contributed by atoms with Crippen molar-refractivity contribution >= 4 is 86.2 Å². The molecule has 0 atom stereocenters. The molecule has 0 unspecified atom stereocenters. The number of rotatable bonds is 3. The molecular formula is C76H66. The molecule has 0 N–H and O–H groups in total. The van der Waals surface area contributed by atoms with Gasteiger partial charge in [0, 0.05) is 0 Å². The van der Waals surface area contributed by atoms with E-state index in [2.05, 4.69) is 265 Å². The lowest BCUT2D eigenvalue weighted by Gasteiger charge is -2.29. The zero-order valence-electron chi connectivity index (χ0n) is 46.3. The van der Waals surface area contributed by atoms with Gasteiger partial charge in [-0.25, -0.2) is 0 Å². The average molecular weight is 979 g/mol. The van der Waals surface area contributed by atoms with Crippen molar-refractivity contribution in [3.8, 4) is 55.6 Å². The monoisotopic (exact) mass is 979 g/mol. The third kappa shape index (κ3) is 6.88. The summed E-state index contributed by atoms with van der Waals surface area (Å²) in [5, 5.41) is 21.1. The van der Waals surface area contributed by atoms with E-state index < -0.39 is 0 Å². The molecule has 0 radical (unpaired) electrons. The molecule has 1 aliphatic carbocycles. The van der Waals surface area contributed by atoms with Gasteiger partial charge in [0.25, 0.3) is 0 Å². The summed E-state index contributed by atoms with van der Waals surface area (Å²) in [7, 11) is 0. The van der Waals surface area contributed by atoms with E-state index in [0.717, 1.165) is 0 Å². The van der Waals surface area contributed by atoms with Gasteiger partial charge in [0.05, 0.1) is 0 Å². The molecule has 0 amide bonds. The van der Waals surface area contributed by atoms with Crippen LogP contribution < -0.4 is 0 Å². The second-order valence-electron chi connectivity index (χ2n) is 26.5. The second kappa shape index (κ2) is 15.9. The first-order chi connectivity index (χ1) is 36.2. The van der Waals surface area contributed by atoms with E-state index in [-0.39, 0.29) is 21.7 Å². The summed E-state index contributed by atoms with van der Waals surface area (Å²) in [6.07, 6.45) is 0. The van der Waals surface area contributed by atoms with Crippen LogP contribution in [0.1, 0.15) is 105 Å². The van der Waals surface area contributed by atoms with Crippen LogP contribution in [0, 0.1) is 0 Å². The molecule has 0 heteroatoms. The summed E-state index contributed by atoms with van der Waals surface area (Å²) in [5.41, 5.74) is 18.0.